The fraction of sp³-hybridized carbons (Fsp3) is 1.00. The lowest BCUT2D eigenvalue weighted by molar-refractivity contribution is 0.309. The molecule has 0 spiro atoms. The quantitative estimate of drug-likeness (QED) is 0.699. The van der Waals surface area contributed by atoms with Crippen molar-refractivity contribution in [3.63, 3.8) is 0 Å². The minimum Gasteiger partial charge on any atom is -0.213 e. The minimum atomic E-state index is -3.28. The zero-order chi connectivity index (χ0) is 13.1. The first-order valence-corrected chi connectivity index (χ1v) is 9.29. The van der Waals surface area contributed by atoms with Crippen LogP contribution in [0.25, 0.3) is 0 Å². The van der Waals surface area contributed by atoms with Crippen LogP contribution in [0.15, 0.2) is 0 Å². The van der Waals surface area contributed by atoms with Crippen molar-refractivity contribution in [1.82, 2.24) is 9.03 Å². The van der Waals surface area contributed by atoms with Crippen LogP contribution in [0.4, 0.5) is 0 Å². The summed E-state index contributed by atoms with van der Waals surface area (Å²) < 4.78 is 49.3. The number of rotatable bonds is 5. The monoisotopic (exact) mass is 304 g/mol. The number of sulfonamides is 2. The highest BCUT2D eigenvalue weighted by molar-refractivity contribution is 7.89. The SMILES string of the molecule is CS(=O)(=O)NC1CCN(S(=O)(=O)CCCl)CC1. The van der Waals surface area contributed by atoms with E-state index in [1.165, 1.54) is 4.31 Å². The molecule has 0 aliphatic carbocycles. The summed E-state index contributed by atoms with van der Waals surface area (Å²) in [6, 6.07) is -0.174. The van der Waals surface area contributed by atoms with E-state index in [1.54, 1.807) is 0 Å². The van der Waals surface area contributed by atoms with E-state index in [1.807, 2.05) is 0 Å². The Morgan fingerprint density at radius 3 is 2.18 bits per heavy atom. The van der Waals surface area contributed by atoms with Gasteiger partial charge in [0.05, 0.1) is 12.0 Å². The average molecular weight is 305 g/mol. The summed E-state index contributed by atoms with van der Waals surface area (Å²) in [6.07, 6.45) is 2.09. The van der Waals surface area contributed by atoms with Crippen LogP contribution in [0.5, 0.6) is 0 Å². The van der Waals surface area contributed by atoms with E-state index in [0.717, 1.165) is 6.26 Å². The molecule has 0 amide bonds. The number of nitrogens with one attached hydrogen (secondary N) is 1. The molecule has 0 unspecified atom stereocenters. The summed E-state index contributed by atoms with van der Waals surface area (Å²) in [5.41, 5.74) is 0. The van der Waals surface area contributed by atoms with Gasteiger partial charge in [-0.3, -0.25) is 0 Å². The largest absolute Gasteiger partial charge is 0.215 e. The van der Waals surface area contributed by atoms with Crippen molar-refractivity contribution < 1.29 is 16.8 Å². The lowest BCUT2D eigenvalue weighted by atomic mass is 10.1. The molecule has 1 N–H and O–H groups in total. The van der Waals surface area contributed by atoms with E-state index in [4.69, 9.17) is 11.6 Å². The second-order valence-electron chi connectivity index (χ2n) is 4.07. The highest BCUT2D eigenvalue weighted by Gasteiger charge is 2.28. The van der Waals surface area contributed by atoms with E-state index >= 15 is 0 Å². The second-order valence-corrected chi connectivity index (χ2v) is 8.31. The van der Waals surface area contributed by atoms with Gasteiger partial charge in [0.1, 0.15) is 0 Å². The van der Waals surface area contributed by atoms with Crippen LogP contribution in [0, 0.1) is 0 Å². The van der Waals surface area contributed by atoms with Gasteiger partial charge in [0.15, 0.2) is 0 Å². The van der Waals surface area contributed by atoms with Crippen LogP contribution in [-0.4, -0.2) is 58.2 Å². The molecule has 0 aromatic carbocycles. The maximum absolute atomic E-state index is 11.7. The summed E-state index contributed by atoms with van der Waals surface area (Å²) in [5, 5.41) is 0. The second kappa shape index (κ2) is 5.83. The van der Waals surface area contributed by atoms with Crippen LogP contribution in [0.1, 0.15) is 12.8 Å². The van der Waals surface area contributed by atoms with E-state index in [-0.39, 0.29) is 17.7 Å². The first-order chi connectivity index (χ1) is 7.74. The number of alkyl halides is 1. The fourth-order valence-corrected chi connectivity index (χ4v) is 4.43. The van der Waals surface area contributed by atoms with Gasteiger partial charge in [0, 0.05) is 25.0 Å². The first kappa shape index (κ1) is 15.2. The third-order valence-corrected chi connectivity index (χ3v) is 5.61. The predicted molar refractivity (Wildman–Crippen MR) is 67.1 cm³/mol. The fourth-order valence-electron chi connectivity index (χ4n) is 1.78. The Balaban J connectivity index is 2.52. The standard InChI is InChI=1S/C8H17ClN2O4S2/c1-16(12,13)10-8-2-5-11(6-3-8)17(14,15)7-4-9/h8,10H,2-7H2,1H3. The van der Waals surface area contributed by atoms with E-state index in [0.29, 0.717) is 25.9 Å². The number of hydrogen-bond donors (Lipinski definition) is 1. The molecular weight excluding hydrogens is 288 g/mol. The molecule has 1 rings (SSSR count). The maximum atomic E-state index is 11.7. The van der Waals surface area contributed by atoms with E-state index in [2.05, 4.69) is 4.72 Å². The van der Waals surface area contributed by atoms with Crippen LogP contribution in [0.3, 0.4) is 0 Å². The van der Waals surface area contributed by atoms with Gasteiger partial charge in [-0.05, 0) is 12.8 Å². The van der Waals surface area contributed by atoms with Gasteiger partial charge >= 0.3 is 0 Å². The molecule has 1 saturated heterocycles. The minimum absolute atomic E-state index is 0.0707. The van der Waals surface area contributed by atoms with Gasteiger partial charge in [-0.1, -0.05) is 0 Å². The summed E-state index contributed by atoms with van der Waals surface area (Å²) in [4.78, 5) is 0. The lowest BCUT2D eigenvalue weighted by Crippen LogP contribution is -2.46. The number of halogens is 1. The van der Waals surface area contributed by atoms with Crippen molar-refractivity contribution >= 4 is 31.6 Å². The van der Waals surface area contributed by atoms with Gasteiger partial charge in [0.25, 0.3) is 0 Å². The van der Waals surface area contributed by atoms with Crippen LogP contribution < -0.4 is 4.72 Å². The topological polar surface area (TPSA) is 83.6 Å². The summed E-state index contributed by atoms with van der Waals surface area (Å²) in [6.45, 7) is 0.679. The Morgan fingerprint density at radius 1 is 1.24 bits per heavy atom. The zero-order valence-corrected chi connectivity index (χ0v) is 12.0. The van der Waals surface area contributed by atoms with Crippen molar-refractivity contribution in [1.29, 1.82) is 0 Å². The van der Waals surface area contributed by atoms with E-state index < -0.39 is 20.0 Å². The molecule has 0 saturated carbocycles. The van der Waals surface area contributed by atoms with Gasteiger partial charge in [0.2, 0.25) is 20.0 Å². The van der Waals surface area contributed by atoms with Crippen molar-refractivity contribution in [3.8, 4) is 0 Å². The molecule has 0 radical (unpaired) electrons. The molecule has 0 atom stereocenters. The Bertz CT molecular complexity index is 440. The highest BCUT2D eigenvalue weighted by Crippen LogP contribution is 2.15. The Labute approximate surface area is 107 Å². The number of hydrogen-bond acceptors (Lipinski definition) is 4. The van der Waals surface area contributed by atoms with Crippen molar-refractivity contribution in [2.45, 2.75) is 18.9 Å². The Morgan fingerprint density at radius 2 is 1.76 bits per heavy atom. The smallest absolute Gasteiger partial charge is 0.213 e. The van der Waals surface area contributed by atoms with Crippen molar-refractivity contribution in [3.05, 3.63) is 0 Å². The lowest BCUT2D eigenvalue weighted by Gasteiger charge is -2.30. The molecule has 1 fully saturated rings. The highest BCUT2D eigenvalue weighted by atomic mass is 35.5. The van der Waals surface area contributed by atoms with Crippen molar-refractivity contribution in [2.24, 2.45) is 0 Å². The molecule has 1 aliphatic rings. The first-order valence-electron chi connectivity index (χ1n) is 5.26. The summed E-state index contributed by atoms with van der Waals surface area (Å²) in [7, 11) is -6.50. The Hall–Kier alpha value is 0.110. The summed E-state index contributed by atoms with van der Waals surface area (Å²) in [5.74, 6) is 0.00256. The van der Waals surface area contributed by atoms with Gasteiger partial charge in [-0.15, -0.1) is 11.6 Å². The van der Waals surface area contributed by atoms with Gasteiger partial charge in [-0.25, -0.2) is 25.9 Å². The van der Waals surface area contributed by atoms with Gasteiger partial charge in [-0.2, -0.15) is 0 Å². The van der Waals surface area contributed by atoms with Crippen LogP contribution in [0.2, 0.25) is 0 Å². The zero-order valence-electron chi connectivity index (χ0n) is 9.59. The third-order valence-electron chi connectivity index (χ3n) is 2.56. The van der Waals surface area contributed by atoms with E-state index in [9.17, 15) is 16.8 Å². The third kappa shape index (κ3) is 5.09. The summed E-state index contributed by atoms with van der Waals surface area (Å²) >= 11 is 5.42. The number of piperidine rings is 1. The molecule has 1 aliphatic heterocycles. The number of nitrogens with zero attached hydrogens (tertiary/aromatic N) is 1. The molecule has 0 aromatic heterocycles. The molecule has 102 valence electrons. The molecular formula is C8H17ClN2O4S2. The molecule has 0 aromatic rings. The van der Waals surface area contributed by atoms with Crippen LogP contribution in [-0.2, 0) is 20.0 Å². The molecule has 6 nitrogen and oxygen atoms in total. The van der Waals surface area contributed by atoms with Crippen molar-refractivity contribution in [2.75, 3.05) is 31.0 Å². The molecule has 1 heterocycles. The average Bonchev–Trinajstić information content (AvgIpc) is 2.15. The van der Waals surface area contributed by atoms with Crippen LogP contribution >= 0.6 is 11.6 Å². The molecule has 9 heteroatoms. The normalized spacial score (nSPS) is 20.6. The molecule has 17 heavy (non-hydrogen) atoms. The Kier molecular flexibility index (Phi) is 5.21. The predicted octanol–water partition coefficient (Wildman–Crippen LogP) is -0.431. The molecule has 0 bridgehead atoms. The maximum Gasteiger partial charge on any atom is 0.215 e. The van der Waals surface area contributed by atoms with Gasteiger partial charge < -0.3 is 0 Å².